The van der Waals surface area contributed by atoms with Gasteiger partial charge in [-0.2, -0.15) is 0 Å². The van der Waals surface area contributed by atoms with Gasteiger partial charge in [-0.1, -0.05) is 36.1 Å². The maximum atomic E-state index is 13.1. The van der Waals surface area contributed by atoms with Crippen LogP contribution in [0.3, 0.4) is 0 Å². The van der Waals surface area contributed by atoms with Gasteiger partial charge in [-0.05, 0) is 24.1 Å². The van der Waals surface area contributed by atoms with E-state index >= 15 is 0 Å². The molecule has 2 rings (SSSR count). The Labute approximate surface area is 129 Å². The van der Waals surface area contributed by atoms with Crippen LogP contribution in [0.4, 0.5) is 13.9 Å². The normalized spacial score (nSPS) is 12.4. The van der Waals surface area contributed by atoms with Gasteiger partial charge in [0.05, 0.1) is 6.10 Å². The average Bonchev–Trinajstić information content (AvgIpc) is 2.93. The minimum atomic E-state index is -0.960. The number of anilines is 1. The number of halogens is 2. The Morgan fingerprint density at radius 1 is 1.33 bits per heavy atom. The predicted octanol–water partition coefficient (Wildman–Crippen LogP) is 3.46. The number of hydrogen-bond donors (Lipinski definition) is 2. The maximum Gasteiger partial charge on any atom is 0.206 e. The summed E-state index contributed by atoms with van der Waals surface area (Å²) in [7, 11) is 0. The largest absolute Gasteiger partial charge is 0.388 e. The smallest absolute Gasteiger partial charge is 0.206 e. The third kappa shape index (κ3) is 4.62. The molecular weight excluding hydrogens is 316 g/mol. The minimum Gasteiger partial charge on any atom is -0.388 e. The van der Waals surface area contributed by atoms with Crippen LogP contribution in [-0.2, 0) is 0 Å². The van der Waals surface area contributed by atoms with E-state index < -0.39 is 17.7 Å². The second-order valence-electron chi connectivity index (χ2n) is 4.30. The molecule has 2 aromatic rings. The minimum absolute atomic E-state index is 0.299. The van der Waals surface area contributed by atoms with E-state index in [-0.39, 0.29) is 0 Å². The molecule has 1 aromatic carbocycles. The van der Waals surface area contributed by atoms with E-state index in [0.717, 1.165) is 34.6 Å². The molecule has 8 heteroatoms. The van der Waals surface area contributed by atoms with Gasteiger partial charge < -0.3 is 10.4 Å². The lowest BCUT2D eigenvalue weighted by atomic mass is 10.1. The van der Waals surface area contributed by atoms with Crippen LogP contribution in [0.25, 0.3) is 0 Å². The average molecular weight is 331 g/mol. The van der Waals surface area contributed by atoms with E-state index in [4.69, 9.17) is 0 Å². The van der Waals surface area contributed by atoms with Crippen LogP contribution >= 0.6 is 23.1 Å². The van der Waals surface area contributed by atoms with E-state index in [1.165, 1.54) is 29.2 Å². The van der Waals surface area contributed by atoms with Crippen LogP contribution in [-0.4, -0.2) is 27.6 Å². The van der Waals surface area contributed by atoms with Gasteiger partial charge in [0.25, 0.3) is 0 Å². The Morgan fingerprint density at radius 3 is 2.86 bits per heavy atom. The van der Waals surface area contributed by atoms with Crippen LogP contribution in [0.1, 0.15) is 25.0 Å². The molecule has 1 atom stereocenters. The zero-order valence-electron chi connectivity index (χ0n) is 11.3. The molecule has 21 heavy (non-hydrogen) atoms. The lowest BCUT2D eigenvalue weighted by Crippen LogP contribution is -2.01. The van der Waals surface area contributed by atoms with Gasteiger partial charge in [-0.15, -0.1) is 10.2 Å². The monoisotopic (exact) mass is 331 g/mol. The summed E-state index contributed by atoms with van der Waals surface area (Å²) in [6, 6.07) is 3.39. The van der Waals surface area contributed by atoms with E-state index in [0.29, 0.717) is 11.3 Å². The number of aromatic nitrogens is 2. The molecule has 2 N–H and O–H groups in total. The van der Waals surface area contributed by atoms with E-state index in [1.807, 2.05) is 0 Å². The van der Waals surface area contributed by atoms with Crippen molar-refractivity contribution in [3.63, 3.8) is 0 Å². The molecule has 4 nitrogen and oxygen atoms in total. The first kappa shape index (κ1) is 16.1. The fraction of sp³-hybridized carbons (Fsp3) is 0.385. The molecule has 0 aliphatic rings. The summed E-state index contributed by atoms with van der Waals surface area (Å²) < 4.78 is 26.7. The van der Waals surface area contributed by atoms with Crippen molar-refractivity contribution < 1.29 is 13.9 Å². The number of hydrogen-bond acceptors (Lipinski definition) is 6. The van der Waals surface area contributed by atoms with Crippen LogP contribution in [0.5, 0.6) is 0 Å². The fourth-order valence-electron chi connectivity index (χ4n) is 1.54. The van der Waals surface area contributed by atoms with Crippen molar-refractivity contribution in [2.75, 3.05) is 17.6 Å². The lowest BCUT2D eigenvalue weighted by Gasteiger charge is -2.09. The molecular formula is C13H15F2N3OS2. The molecule has 0 saturated carbocycles. The number of aliphatic hydroxyl groups is 1. The Morgan fingerprint density at radius 2 is 2.14 bits per heavy atom. The van der Waals surface area contributed by atoms with Gasteiger partial charge in [-0.3, -0.25) is 0 Å². The number of thioether (sulfide) groups is 1. The summed E-state index contributed by atoms with van der Waals surface area (Å²) in [4.78, 5) is 0. The van der Waals surface area contributed by atoms with Gasteiger partial charge in [0.15, 0.2) is 16.0 Å². The first-order valence-corrected chi connectivity index (χ1v) is 8.23. The molecule has 0 aliphatic heterocycles. The van der Waals surface area contributed by atoms with Crippen molar-refractivity contribution in [2.24, 2.45) is 0 Å². The maximum absolute atomic E-state index is 13.1. The van der Waals surface area contributed by atoms with Crippen LogP contribution in [0.15, 0.2) is 22.5 Å². The van der Waals surface area contributed by atoms with Gasteiger partial charge in [0.2, 0.25) is 5.13 Å². The van der Waals surface area contributed by atoms with Crippen molar-refractivity contribution in [1.82, 2.24) is 10.2 Å². The second kappa shape index (κ2) is 7.67. The Balaban J connectivity index is 1.89. The number of rotatable bonds is 7. The van der Waals surface area contributed by atoms with Crippen molar-refractivity contribution >= 4 is 28.2 Å². The highest BCUT2D eigenvalue weighted by atomic mass is 32.2. The Kier molecular flexibility index (Phi) is 5.89. The van der Waals surface area contributed by atoms with E-state index in [2.05, 4.69) is 22.4 Å². The van der Waals surface area contributed by atoms with E-state index in [1.54, 1.807) is 0 Å². The summed E-state index contributed by atoms with van der Waals surface area (Å²) in [6.45, 7) is 2.89. The highest BCUT2D eigenvalue weighted by molar-refractivity contribution is 8.01. The third-order valence-electron chi connectivity index (χ3n) is 2.63. The van der Waals surface area contributed by atoms with E-state index in [9.17, 15) is 13.9 Å². The molecule has 0 saturated heterocycles. The molecule has 0 amide bonds. The lowest BCUT2D eigenvalue weighted by molar-refractivity contribution is 0.203. The van der Waals surface area contributed by atoms with Crippen molar-refractivity contribution in [1.29, 1.82) is 0 Å². The molecule has 114 valence electrons. The third-order valence-corrected chi connectivity index (χ3v) is 4.72. The quantitative estimate of drug-likeness (QED) is 0.761. The Bertz CT molecular complexity index is 595. The first-order valence-electron chi connectivity index (χ1n) is 6.43. The summed E-state index contributed by atoms with van der Waals surface area (Å²) in [5, 5.41) is 21.8. The highest BCUT2D eigenvalue weighted by Gasteiger charge is 2.13. The van der Waals surface area contributed by atoms with Crippen LogP contribution < -0.4 is 5.32 Å². The van der Waals surface area contributed by atoms with Crippen molar-refractivity contribution in [3.05, 3.63) is 35.4 Å². The van der Waals surface area contributed by atoms with Crippen LogP contribution in [0.2, 0.25) is 0 Å². The van der Waals surface area contributed by atoms with Crippen LogP contribution in [0, 0.1) is 11.6 Å². The molecule has 0 fully saturated rings. The standard InChI is InChI=1S/C13H15F2N3OS2/c1-2-5-16-12-17-18-13(21-12)20-7-11(19)8-3-4-9(14)10(15)6-8/h3-4,6,11,19H,2,5,7H2,1H3,(H,16,17). The van der Waals surface area contributed by atoms with Gasteiger partial charge in [0, 0.05) is 12.3 Å². The second-order valence-corrected chi connectivity index (χ2v) is 6.54. The van der Waals surface area contributed by atoms with Crippen molar-refractivity contribution in [3.8, 4) is 0 Å². The first-order chi connectivity index (χ1) is 10.1. The molecule has 1 heterocycles. The summed E-state index contributed by atoms with van der Waals surface area (Å²) in [5.41, 5.74) is 0.343. The number of nitrogens with one attached hydrogen (secondary N) is 1. The summed E-state index contributed by atoms with van der Waals surface area (Å²) >= 11 is 2.73. The zero-order valence-corrected chi connectivity index (χ0v) is 13.0. The SMILES string of the molecule is CCCNc1nnc(SCC(O)c2ccc(F)c(F)c2)s1. The van der Waals surface area contributed by atoms with Crippen molar-refractivity contribution in [2.45, 2.75) is 23.8 Å². The molecule has 1 aromatic heterocycles. The van der Waals surface area contributed by atoms with Gasteiger partial charge in [-0.25, -0.2) is 8.78 Å². The molecule has 0 aliphatic carbocycles. The van der Waals surface area contributed by atoms with Gasteiger partial charge >= 0.3 is 0 Å². The highest BCUT2D eigenvalue weighted by Crippen LogP contribution is 2.29. The summed E-state index contributed by atoms with van der Waals surface area (Å²) in [6.07, 6.45) is 0.109. The number of nitrogens with zero attached hydrogens (tertiary/aromatic N) is 2. The topological polar surface area (TPSA) is 58.0 Å². The zero-order chi connectivity index (χ0) is 15.2. The van der Waals surface area contributed by atoms with Gasteiger partial charge in [0.1, 0.15) is 0 Å². The molecule has 0 bridgehead atoms. The Hall–Kier alpha value is -1.25. The molecule has 1 unspecified atom stereocenters. The molecule has 0 spiro atoms. The molecule has 0 radical (unpaired) electrons. The predicted molar refractivity (Wildman–Crippen MR) is 80.7 cm³/mol. The summed E-state index contributed by atoms with van der Waals surface area (Å²) in [5.74, 6) is -1.58. The fourth-order valence-corrected chi connectivity index (χ4v) is 3.31. The number of aliphatic hydroxyl groups excluding tert-OH is 1. The number of benzene rings is 1.